The number of unbranched alkanes of at least 4 members (excludes halogenated alkanes) is 1. The lowest BCUT2D eigenvalue weighted by molar-refractivity contribution is 0.680. The molecule has 0 spiro atoms. The second kappa shape index (κ2) is 7.71. The van der Waals surface area contributed by atoms with Crippen LogP contribution < -0.4 is 5.73 Å². The molecule has 1 aromatic rings. The smallest absolute Gasteiger partial charge is 0.158 e. The highest BCUT2D eigenvalue weighted by molar-refractivity contribution is 8.14. The average molecular weight is 271 g/mol. The number of thioether (sulfide) groups is 1. The summed E-state index contributed by atoms with van der Waals surface area (Å²) in [6.07, 6.45) is 7.43. The zero-order valence-corrected chi connectivity index (χ0v) is 12.2. The van der Waals surface area contributed by atoms with Crippen LogP contribution in [0.1, 0.15) is 50.1 Å². The third kappa shape index (κ3) is 5.08. The molecule has 0 radical (unpaired) electrons. The van der Waals surface area contributed by atoms with Crippen molar-refractivity contribution in [3.8, 4) is 0 Å². The summed E-state index contributed by atoms with van der Waals surface area (Å²) in [6, 6.07) is 0. The van der Waals surface area contributed by atoms with E-state index in [-0.39, 0.29) is 5.17 Å². The van der Waals surface area contributed by atoms with Gasteiger partial charge in [0.25, 0.3) is 0 Å². The number of nitrogens with one attached hydrogen (secondary N) is 1. The van der Waals surface area contributed by atoms with E-state index in [4.69, 9.17) is 11.1 Å². The van der Waals surface area contributed by atoms with E-state index in [1.54, 1.807) is 11.3 Å². The molecule has 0 saturated heterocycles. The fourth-order valence-electron chi connectivity index (χ4n) is 1.47. The van der Waals surface area contributed by atoms with Crippen LogP contribution in [-0.2, 0) is 12.8 Å². The summed E-state index contributed by atoms with van der Waals surface area (Å²) in [4.78, 5) is 5.85. The van der Waals surface area contributed by atoms with Gasteiger partial charge in [-0.1, -0.05) is 26.7 Å². The van der Waals surface area contributed by atoms with Crippen LogP contribution in [0, 0.1) is 5.41 Å². The number of rotatable bonds is 2. The Hall–Kier alpha value is -0.550. The van der Waals surface area contributed by atoms with Crippen LogP contribution in [0.4, 0.5) is 0 Å². The summed E-state index contributed by atoms with van der Waals surface area (Å²) in [7, 11) is 0. The van der Waals surface area contributed by atoms with Crippen LogP contribution in [0.15, 0.2) is 4.34 Å². The van der Waals surface area contributed by atoms with E-state index in [9.17, 15) is 0 Å². The van der Waals surface area contributed by atoms with Gasteiger partial charge >= 0.3 is 0 Å². The molecule has 2 rings (SSSR count). The number of aromatic nitrogens is 1. The number of nitrogens with two attached hydrogens (primary N) is 1. The van der Waals surface area contributed by atoms with Crippen LogP contribution in [-0.4, -0.2) is 10.2 Å². The average Bonchev–Trinajstić information content (AvgIpc) is 2.70. The van der Waals surface area contributed by atoms with Crippen molar-refractivity contribution in [1.29, 1.82) is 5.41 Å². The molecule has 1 aromatic heterocycles. The first-order valence-electron chi connectivity index (χ1n) is 6.17. The van der Waals surface area contributed by atoms with Gasteiger partial charge in [-0.25, -0.2) is 4.98 Å². The molecule has 3 N–H and O–H groups in total. The lowest BCUT2D eigenvalue weighted by atomic mass is 10.0. The molecule has 0 saturated carbocycles. The zero-order valence-electron chi connectivity index (χ0n) is 10.6. The minimum absolute atomic E-state index is 0.131. The van der Waals surface area contributed by atoms with Crippen molar-refractivity contribution in [2.75, 3.05) is 0 Å². The van der Waals surface area contributed by atoms with Crippen molar-refractivity contribution in [3.63, 3.8) is 0 Å². The summed E-state index contributed by atoms with van der Waals surface area (Å²) in [6.45, 7) is 4.36. The first kappa shape index (κ1) is 14.5. The van der Waals surface area contributed by atoms with Crippen LogP contribution in [0.2, 0.25) is 0 Å². The Kier molecular flexibility index (Phi) is 6.58. The Morgan fingerprint density at radius 1 is 1.35 bits per heavy atom. The summed E-state index contributed by atoms with van der Waals surface area (Å²) in [5.74, 6) is 0. The fourth-order valence-corrected chi connectivity index (χ4v) is 3.43. The highest BCUT2D eigenvalue weighted by atomic mass is 32.2. The third-order valence-corrected chi connectivity index (χ3v) is 4.46. The summed E-state index contributed by atoms with van der Waals surface area (Å²) >= 11 is 2.96. The van der Waals surface area contributed by atoms with Crippen molar-refractivity contribution in [2.45, 2.75) is 56.7 Å². The van der Waals surface area contributed by atoms with Gasteiger partial charge in [-0.3, -0.25) is 5.41 Å². The van der Waals surface area contributed by atoms with Crippen molar-refractivity contribution in [1.82, 2.24) is 4.98 Å². The van der Waals surface area contributed by atoms with Gasteiger partial charge in [-0.05, 0) is 37.4 Å². The van der Waals surface area contributed by atoms with Gasteiger partial charge in [0.2, 0.25) is 0 Å². The molecule has 0 unspecified atom stereocenters. The number of nitrogens with zero attached hydrogens (tertiary/aromatic N) is 1. The second-order valence-corrected chi connectivity index (χ2v) is 6.40. The highest BCUT2D eigenvalue weighted by Crippen LogP contribution is 2.31. The van der Waals surface area contributed by atoms with Gasteiger partial charge in [-0.15, -0.1) is 11.3 Å². The van der Waals surface area contributed by atoms with Gasteiger partial charge in [0.1, 0.15) is 0 Å². The van der Waals surface area contributed by atoms with Crippen LogP contribution in [0.25, 0.3) is 0 Å². The zero-order chi connectivity index (χ0) is 12.7. The molecule has 5 heteroatoms. The predicted molar refractivity (Wildman–Crippen MR) is 77.1 cm³/mol. The maximum Gasteiger partial charge on any atom is 0.158 e. The first-order valence-corrected chi connectivity index (χ1v) is 7.81. The number of amidine groups is 1. The Balaban J connectivity index is 0.000000317. The van der Waals surface area contributed by atoms with E-state index in [2.05, 4.69) is 18.8 Å². The monoisotopic (exact) mass is 271 g/mol. The Morgan fingerprint density at radius 2 is 2.00 bits per heavy atom. The molecule has 1 aliphatic carbocycles. The second-order valence-electron chi connectivity index (χ2n) is 4.02. The fraction of sp³-hybridized carbons (Fsp3) is 0.667. The molecule has 0 amide bonds. The molecule has 17 heavy (non-hydrogen) atoms. The normalized spacial score (nSPS) is 13.5. The SMILES string of the molecule is CCCC.N=C(N)Sc1nc2c(s1)CCCC2. The maximum absolute atomic E-state index is 7.15. The van der Waals surface area contributed by atoms with Gasteiger partial charge in [0.05, 0.1) is 5.69 Å². The number of aryl methyl sites for hydroxylation is 2. The summed E-state index contributed by atoms with van der Waals surface area (Å²) in [5, 5.41) is 7.28. The highest BCUT2D eigenvalue weighted by Gasteiger charge is 2.15. The molecule has 0 bridgehead atoms. The number of hydrogen-bond donors (Lipinski definition) is 2. The van der Waals surface area contributed by atoms with E-state index in [0.717, 1.165) is 17.2 Å². The molecule has 0 fully saturated rings. The summed E-state index contributed by atoms with van der Waals surface area (Å²) in [5.41, 5.74) is 6.53. The molecule has 0 aliphatic heterocycles. The Morgan fingerprint density at radius 3 is 2.53 bits per heavy atom. The molecule has 1 aliphatic rings. The predicted octanol–water partition coefficient (Wildman–Crippen LogP) is 3.81. The lowest BCUT2D eigenvalue weighted by Crippen LogP contribution is -2.02. The topological polar surface area (TPSA) is 62.8 Å². The van der Waals surface area contributed by atoms with Crippen molar-refractivity contribution < 1.29 is 0 Å². The van der Waals surface area contributed by atoms with Gasteiger partial charge < -0.3 is 5.73 Å². The van der Waals surface area contributed by atoms with Crippen LogP contribution in [0.3, 0.4) is 0 Å². The standard InChI is InChI=1S/C8H11N3S2.C4H10/c9-7(10)13-8-11-5-3-1-2-4-6(5)12-8;1-3-4-2/h1-4H2,(H3,9,10);3-4H2,1-2H3. The van der Waals surface area contributed by atoms with Crippen molar-refractivity contribution >= 4 is 28.3 Å². The van der Waals surface area contributed by atoms with E-state index in [0.29, 0.717) is 0 Å². The van der Waals surface area contributed by atoms with Crippen LogP contribution in [0.5, 0.6) is 0 Å². The molecule has 0 aromatic carbocycles. The summed E-state index contributed by atoms with van der Waals surface area (Å²) < 4.78 is 0.930. The van der Waals surface area contributed by atoms with Gasteiger partial charge in [0, 0.05) is 4.88 Å². The number of hydrogen-bond acceptors (Lipinski definition) is 4. The maximum atomic E-state index is 7.15. The largest absolute Gasteiger partial charge is 0.378 e. The van der Waals surface area contributed by atoms with Gasteiger partial charge in [-0.2, -0.15) is 0 Å². The Bertz CT molecular complexity index is 335. The molecular formula is C12H21N3S2. The van der Waals surface area contributed by atoms with Crippen molar-refractivity contribution in [2.24, 2.45) is 5.73 Å². The minimum atomic E-state index is 0.131. The molecule has 96 valence electrons. The Labute approximate surface area is 112 Å². The molecule has 0 atom stereocenters. The van der Waals surface area contributed by atoms with E-state index < -0.39 is 0 Å². The van der Waals surface area contributed by atoms with Crippen LogP contribution >= 0.6 is 23.1 Å². The van der Waals surface area contributed by atoms with E-state index >= 15 is 0 Å². The number of fused-ring (bicyclic) bond motifs is 1. The lowest BCUT2D eigenvalue weighted by Gasteiger charge is -2.06. The minimum Gasteiger partial charge on any atom is -0.378 e. The molecule has 3 nitrogen and oxygen atoms in total. The van der Waals surface area contributed by atoms with Crippen molar-refractivity contribution in [3.05, 3.63) is 10.6 Å². The number of thiazole rings is 1. The first-order chi connectivity index (χ1) is 8.17. The molecular weight excluding hydrogens is 250 g/mol. The molecule has 1 heterocycles. The van der Waals surface area contributed by atoms with Gasteiger partial charge in [0.15, 0.2) is 9.51 Å². The van der Waals surface area contributed by atoms with E-state index in [1.807, 2.05) is 0 Å². The van der Waals surface area contributed by atoms with E-state index in [1.165, 1.54) is 48.0 Å². The third-order valence-electron chi connectivity index (χ3n) is 2.52. The quantitative estimate of drug-likeness (QED) is 0.488.